The molecule has 0 amide bonds. The summed E-state index contributed by atoms with van der Waals surface area (Å²) in [6, 6.07) is 12.1. The van der Waals surface area contributed by atoms with Crippen LogP contribution in [0.4, 0.5) is 0 Å². The van der Waals surface area contributed by atoms with Gasteiger partial charge in [-0.05, 0) is 43.7 Å². The first kappa shape index (κ1) is 16.2. The minimum absolute atomic E-state index is 0.0376. The zero-order valence-electron chi connectivity index (χ0n) is 12.2. The lowest BCUT2D eigenvalue weighted by Crippen LogP contribution is -2.11. The third-order valence-electron chi connectivity index (χ3n) is 3.07. The Morgan fingerprint density at radius 2 is 1.77 bits per heavy atom. The van der Waals surface area contributed by atoms with Crippen molar-refractivity contribution in [2.45, 2.75) is 24.8 Å². The molecule has 0 fully saturated rings. The summed E-state index contributed by atoms with van der Waals surface area (Å²) in [6.07, 6.45) is -1.30. The Morgan fingerprint density at radius 1 is 1.14 bits per heavy atom. The number of hydrogen-bond donors (Lipinski definition) is 1. The lowest BCUT2D eigenvalue weighted by Gasteiger charge is -2.11. The maximum absolute atomic E-state index is 12.2. The molecular weight excluding hydrogens is 304 g/mol. The molecule has 0 aliphatic heterocycles. The first-order chi connectivity index (χ1) is 10.3. The van der Waals surface area contributed by atoms with E-state index in [0.29, 0.717) is 0 Å². The van der Waals surface area contributed by atoms with E-state index < -0.39 is 22.0 Å². The summed E-state index contributed by atoms with van der Waals surface area (Å²) in [4.78, 5) is 11.2. The zero-order valence-corrected chi connectivity index (χ0v) is 13.0. The molecule has 0 bridgehead atoms. The standard InChI is InChI=1S/C16H16O5S/c1-11-6-8-15(9-7-11)22(19,20)21-14-5-3-4-13(10-14)16(18)12(2)17/h3-10,16,18H,1-2H3. The van der Waals surface area contributed by atoms with E-state index in [9.17, 15) is 18.3 Å². The van der Waals surface area contributed by atoms with E-state index in [1.807, 2.05) is 6.92 Å². The van der Waals surface area contributed by atoms with Crippen LogP contribution in [0.5, 0.6) is 5.75 Å². The van der Waals surface area contributed by atoms with Gasteiger partial charge < -0.3 is 9.29 Å². The normalized spacial score (nSPS) is 12.7. The van der Waals surface area contributed by atoms with Crippen LogP contribution in [0.25, 0.3) is 0 Å². The van der Waals surface area contributed by atoms with Gasteiger partial charge in [0.1, 0.15) is 16.7 Å². The number of aryl methyl sites for hydroxylation is 1. The molecule has 0 aliphatic carbocycles. The van der Waals surface area contributed by atoms with Gasteiger partial charge in [-0.25, -0.2) is 0 Å². The molecule has 1 N–H and O–H groups in total. The van der Waals surface area contributed by atoms with Crippen molar-refractivity contribution >= 4 is 15.9 Å². The summed E-state index contributed by atoms with van der Waals surface area (Å²) in [6.45, 7) is 3.10. The number of aliphatic hydroxyl groups is 1. The molecule has 6 heteroatoms. The molecule has 5 nitrogen and oxygen atoms in total. The number of ketones is 1. The molecule has 0 aliphatic rings. The van der Waals surface area contributed by atoms with Crippen molar-refractivity contribution in [3.05, 3.63) is 59.7 Å². The monoisotopic (exact) mass is 320 g/mol. The van der Waals surface area contributed by atoms with Crippen LogP contribution in [0.15, 0.2) is 53.4 Å². The second-order valence-corrected chi connectivity index (χ2v) is 6.48. The SMILES string of the molecule is CC(=O)C(O)c1cccc(OS(=O)(=O)c2ccc(C)cc2)c1. The molecular formula is C16H16O5S. The molecule has 0 aromatic heterocycles. The second-order valence-electron chi connectivity index (χ2n) is 4.94. The maximum atomic E-state index is 12.2. The van der Waals surface area contributed by atoms with Crippen LogP contribution in [0.1, 0.15) is 24.2 Å². The van der Waals surface area contributed by atoms with E-state index in [0.717, 1.165) is 5.56 Å². The predicted molar refractivity (Wildman–Crippen MR) is 81.1 cm³/mol. The fraction of sp³-hybridized carbons (Fsp3) is 0.188. The molecule has 2 aromatic carbocycles. The van der Waals surface area contributed by atoms with Gasteiger partial charge in [0.05, 0.1) is 0 Å². The van der Waals surface area contributed by atoms with Gasteiger partial charge >= 0.3 is 10.1 Å². The number of aliphatic hydroxyl groups excluding tert-OH is 1. The van der Waals surface area contributed by atoms with Crippen molar-refractivity contribution in [3.8, 4) is 5.75 Å². The Hall–Kier alpha value is -2.18. The van der Waals surface area contributed by atoms with E-state index in [4.69, 9.17) is 4.18 Å². The molecule has 22 heavy (non-hydrogen) atoms. The molecule has 0 heterocycles. The van der Waals surface area contributed by atoms with Crippen LogP contribution in [0.3, 0.4) is 0 Å². The van der Waals surface area contributed by atoms with Gasteiger partial charge in [0.2, 0.25) is 0 Å². The Kier molecular flexibility index (Phi) is 4.63. The molecule has 116 valence electrons. The minimum Gasteiger partial charge on any atom is -0.381 e. The lowest BCUT2D eigenvalue weighted by molar-refractivity contribution is -0.125. The van der Waals surface area contributed by atoms with Crippen molar-refractivity contribution in [1.29, 1.82) is 0 Å². The molecule has 0 saturated heterocycles. The van der Waals surface area contributed by atoms with Gasteiger partial charge in [0, 0.05) is 0 Å². The van der Waals surface area contributed by atoms with Gasteiger partial charge in [-0.3, -0.25) is 4.79 Å². The molecule has 2 aromatic rings. The van der Waals surface area contributed by atoms with Crippen LogP contribution in [0, 0.1) is 6.92 Å². The highest BCUT2D eigenvalue weighted by molar-refractivity contribution is 7.87. The second kappa shape index (κ2) is 6.29. The fourth-order valence-corrected chi connectivity index (χ4v) is 2.77. The first-order valence-corrected chi connectivity index (χ1v) is 8.00. The molecule has 1 unspecified atom stereocenters. The number of benzene rings is 2. The Balaban J connectivity index is 2.28. The van der Waals surface area contributed by atoms with E-state index in [1.165, 1.54) is 43.3 Å². The maximum Gasteiger partial charge on any atom is 0.339 e. The smallest absolute Gasteiger partial charge is 0.339 e. The summed E-state index contributed by atoms with van der Waals surface area (Å²) in [7, 11) is -3.96. The van der Waals surface area contributed by atoms with Crippen LogP contribution in [-0.2, 0) is 14.9 Å². The van der Waals surface area contributed by atoms with Crippen molar-refractivity contribution in [3.63, 3.8) is 0 Å². The van der Waals surface area contributed by atoms with Crippen molar-refractivity contribution in [2.24, 2.45) is 0 Å². The van der Waals surface area contributed by atoms with E-state index in [2.05, 4.69) is 0 Å². The Morgan fingerprint density at radius 3 is 2.36 bits per heavy atom. The highest BCUT2D eigenvalue weighted by Gasteiger charge is 2.18. The van der Waals surface area contributed by atoms with Crippen LogP contribution < -0.4 is 4.18 Å². The number of Topliss-reactive ketones (excluding diaryl/α,β-unsaturated/α-hetero) is 1. The third-order valence-corrected chi connectivity index (χ3v) is 4.34. The van der Waals surface area contributed by atoms with Gasteiger partial charge in [0.25, 0.3) is 0 Å². The first-order valence-electron chi connectivity index (χ1n) is 6.59. The van der Waals surface area contributed by atoms with Crippen molar-refractivity contribution in [1.82, 2.24) is 0 Å². The average Bonchev–Trinajstić information content (AvgIpc) is 2.46. The van der Waals surface area contributed by atoms with Crippen LogP contribution in [0.2, 0.25) is 0 Å². The van der Waals surface area contributed by atoms with Crippen LogP contribution in [-0.4, -0.2) is 19.3 Å². The Bertz CT molecular complexity index is 778. The fourth-order valence-electron chi connectivity index (χ4n) is 1.85. The largest absolute Gasteiger partial charge is 0.381 e. The average molecular weight is 320 g/mol. The predicted octanol–water partition coefficient (Wildman–Crippen LogP) is 2.39. The number of hydrogen-bond acceptors (Lipinski definition) is 5. The van der Waals surface area contributed by atoms with Crippen molar-refractivity contribution < 1.29 is 22.5 Å². The topological polar surface area (TPSA) is 80.7 Å². The quantitative estimate of drug-likeness (QED) is 0.856. The summed E-state index contributed by atoms with van der Waals surface area (Å²) < 4.78 is 29.4. The zero-order chi connectivity index (χ0) is 16.3. The van der Waals surface area contributed by atoms with Gasteiger partial charge in [-0.2, -0.15) is 8.42 Å². The van der Waals surface area contributed by atoms with Crippen LogP contribution >= 0.6 is 0 Å². The third kappa shape index (κ3) is 3.72. The van der Waals surface area contributed by atoms with Gasteiger partial charge in [-0.1, -0.05) is 29.8 Å². The number of carbonyl (C=O) groups excluding carboxylic acids is 1. The van der Waals surface area contributed by atoms with Crippen molar-refractivity contribution in [2.75, 3.05) is 0 Å². The highest BCUT2D eigenvalue weighted by atomic mass is 32.2. The molecule has 1 atom stereocenters. The highest BCUT2D eigenvalue weighted by Crippen LogP contribution is 2.23. The molecule has 0 saturated carbocycles. The van der Waals surface area contributed by atoms with E-state index in [-0.39, 0.29) is 16.2 Å². The number of carbonyl (C=O) groups is 1. The summed E-state index contributed by atoms with van der Waals surface area (Å²) >= 11 is 0. The minimum atomic E-state index is -3.96. The molecule has 0 spiro atoms. The lowest BCUT2D eigenvalue weighted by atomic mass is 10.1. The summed E-state index contributed by atoms with van der Waals surface area (Å²) in [5.74, 6) is -0.392. The molecule has 0 radical (unpaired) electrons. The summed E-state index contributed by atoms with van der Waals surface area (Å²) in [5, 5.41) is 9.71. The Labute approximate surface area is 129 Å². The van der Waals surface area contributed by atoms with E-state index in [1.54, 1.807) is 12.1 Å². The van der Waals surface area contributed by atoms with Gasteiger partial charge in [-0.15, -0.1) is 0 Å². The molecule has 2 rings (SSSR count). The number of rotatable bonds is 5. The van der Waals surface area contributed by atoms with E-state index >= 15 is 0 Å². The van der Waals surface area contributed by atoms with Gasteiger partial charge in [0.15, 0.2) is 5.78 Å². The summed E-state index contributed by atoms with van der Waals surface area (Å²) in [5.41, 5.74) is 1.22.